The van der Waals surface area contributed by atoms with E-state index in [1.54, 1.807) is 30.5 Å². The Morgan fingerprint density at radius 3 is 3.00 bits per heavy atom. The zero-order valence-corrected chi connectivity index (χ0v) is 13.2. The van der Waals surface area contributed by atoms with Crippen molar-refractivity contribution in [1.82, 2.24) is 30.1 Å². The highest BCUT2D eigenvalue weighted by molar-refractivity contribution is 5.47. The maximum atomic E-state index is 13.9. The zero-order chi connectivity index (χ0) is 16.5. The van der Waals surface area contributed by atoms with Crippen LogP contribution in [-0.2, 0) is 0 Å². The van der Waals surface area contributed by atoms with E-state index in [1.165, 1.54) is 10.7 Å². The fourth-order valence-electron chi connectivity index (χ4n) is 2.78. The normalized spacial score (nSPS) is 18.8. The van der Waals surface area contributed by atoms with Gasteiger partial charge in [-0.1, -0.05) is 17.3 Å². The molecular formula is C16H17FN6O. The molecule has 0 saturated carbocycles. The SMILES string of the molecule is CN1CCNCC1c1noc(-c2ccn(-c3ccccc3F)n2)n1. The molecule has 2 aromatic heterocycles. The summed E-state index contributed by atoms with van der Waals surface area (Å²) in [6.07, 6.45) is 1.67. The third kappa shape index (κ3) is 2.70. The van der Waals surface area contributed by atoms with Gasteiger partial charge < -0.3 is 9.84 Å². The Morgan fingerprint density at radius 2 is 2.17 bits per heavy atom. The first-order valence-electron chi connectivity index (χ1n) is 7.78. The summed E-state index contributed by atoms with van der Waals surface area (Å²) in [4.78, 5) is 6.64. The summed E-state index contributed by atoms with van der Waals surface area (Å²) in [5.74, 6) is 0.618. The lowest BCUT2D eigenvalue weighted by atomic mass is 10.2. The molecule has 3 aromatic rings. The van der Waals surface area contributed by atoms with Crippen molar-refractivity contribution in [1.29, 1.82) is 0 Å². The van der Waals surface area contributed by atoms with Gasteiger partial charge in [-0.3, -0.25) is 4.90 Å². The van der Waals surface area contributed by atoms with E-state index in [1.807, 2.05) is 7.05 Å². The largest absolute Gasteiger partial charge is 0.332 e. The monoisotopic (exact) mass is 328 g/mol. The van der Waals surface area contributed by atoms with E-state index < -0.39 is 0 Å². The van der Waals surface area contributed by atoms with Crippen LogP contribution in [0.3, 0.4) is 0 Å². The Bertz CT molecular complexity index is 844. The zero-order valence-electron chi connectivity index (χ0n) is 13.2. The predicted octanol–water partition coefficient (Wildman–Crippen LogP) is 1.64. The average molecular weight is 328 g/mol. The minimum Gasteiger partial charge on any atom is -0.332 e. The van der Waals surface area contributed by atoms with Gasteiger partial charge in [0.05, 0.1) is 6.04 Å². The molecule has 1 aliphatic heterocycles. The van der Waals surface area contributed by atoms with Crippen molar-refractivity contribution in [2.24, 2.45) is 0 Å². The van der Waals surface area contributed by atoms with Crippen LogP contribution in [-0.4, -0.2) is 51.5 Å². The van der Waals surface area contributed by atoms with Crippen molar-refractivity contribution in [3.8, 4) is 17.3 Å². The Morgan fingerprint density at radius 1 is 1.29 bits per heavy atom. The van der Waals surface area contributed by atoms with Gasteiger partial charge in [0.2, 0.25) is 0 Å². The van der Waals surface area contributed by atoms with Crippen LogP contribution in [0.25, 0.3) is 17.3 Å². The first-order chi connectivity index (χ1) is 11.7. The number of halogens is 1. The van der Waals surface area contributed by atoms with Crippen LogP contribution in [0.2, 0.25) is 0 Å². The minimum absolute atomic E-state index is 0.0740. The summed E-state index contributed by atoms with van der Waals surface area (Å²) in [6, 6.07) is 8.26. The number of rotatable bonds is 3. The Labute approximate surface area is 138 Å². The lowest BCUT2D eigenvalue weighted by Crippen LogP contribution is -2.44. The van der Waals surface area contributed by atoms with E-state index in [2.05, 4.69) is 25.5 Å². The number of nitrogens with zero attached hydrogens (tertiary/aromatic N) is 5. The molecule has 1 aliphatic rings. The highest BCUT2D eigenvalue weighted by Gasteiger charge is 2.26. The van der Waals surface area contributed by atoms with Gasteiger partial charge in [-0.25, -0.2) is 9.07 Å². The molecule has 3 heterocycles. The molecule has 24 heavy (non-hydrogen) atoms. The quantitative estimate of drug-likeness (QED) is 0.788. The highest BCUT2D eigenvalue weighted by atomic mass is 19.1. The molecule has 1 N–H and O–H groups in total. The second kappa shape index (κ2) is 6.14. The van der Waals surface area contributed by atoms with Crippen molar-refractivity contribution < 1.29 is 8.91 Å². The molecule has 8 heteroatoms. The molecule has 7 nitrogen and oxygen atoms in total. The van der Waals surface area contributed by atoms with Gasteiger partial charge in [0.25, 0.3) is 5.89 Å². The van der Waals surface area contributed by atoms with Gasteiger partial charge >= 0.3 is 0 Å². The van der Waals surface area contributed by atoms with E-state index in [-0.39, 0.29) is 11.9 Å². The Kier molecular flexibility index (Phi) is 3.83. The number of likely N-dealkylation sites (N-methyl/N-ethyl adjacent to an activating group) is 1. The number of nitrogens with one attached hydrogen (secondary N) is 1. The van der Waals surface area contributed by atoms with Gasteiger partial charge in [0.1, 0.15) is 11.5 Å². The summed E-state index contributed by atoms with van der Waals surface area (Å²) in [6.45, 7) is 2.65. The molecule has 0 radical (unpaired) electrons. The third-order valence-corrected chi connectivity index (χ3v) is 4.16. The fourth-order valence-corrected chi connectivity index (χ4v) is 2.78. The Hall–Kier alpha value is -2.58. The van der Waals surface area contributed by atoms with Crippen molar-refractivity contribution >= 4 is 0 Å². The lowest BCUT2D eigenvalue weighted by Gasteiger charge is -2.30. The average Bonchev–Trinajstić information content (AvgIpc) is 3.25. The van der Waals surface area contributed by atoms with Crippen molar-refractivity contribution in [3.05, 3.63) is 48.2 Å². The number of piperazine rings is 1. The molecule has 0 bridgehead atoms. The van der Waals surface area contributed by atoms with Crippen LogP contribution in [0.15, 0.2) is 41.1 Å². The van der Waals surface area contributed by atoms with Gasteiger partial charge in [0.15, 0.2) is 11.5 Å². The van der Waals surface area contributed by atoms with E-state index in [0.717, 1.165) is 19.6 Å². The van der Waals surface area contributed by atoms with E-state index in [9.17, 15) is 4.39 Å². The Balaban J connectivity index is 1.60. The molecular weight excluding hydrogens is 311 g/mol. The summed E-state index contributed by atoms with van der Waals surface area (Å²) in [5.41, 5.74) is 0.892. The lowest BCUT2D eigenvalue weighted by molar-refractivity contribution is 0.190. The van der Waals surface area contributed by atoms with Crippen molar-refractivity contribution in [2.75, 3.05) is 26.7 Å². The van der Waals surface area contributed by atoms with E-state index in [4.69, 9.17) is 4.52 Å². The van der Waals surface area contributed by atoms with Crippen LogP contribution in [0.5, 0.6) is 0 Å². The highest BCUT2D eigenvalue weighted by Crippen LogP contribution is 2.22. The summed E-state index contributed by atoms with van der Waals surface area (Å²) >= 11 is 0. The molecule has 0 aliphatic carbocycles. The van der Waals surface area contributed by atoms with Gasteiger partial charge in [0, 0.05) is 25.8 Å². The maximum absolute atomic E-state index is 13.9. The van der Waals surface area contributed by atoms with Gasteiger partial charge in [-0.15, -0.1) is 0 Å². The first kappa shape index (κ1) is 15.0. The molecule has 1 atom stereocenters. The standard InChI is InChI=1S/C16H17FN6O/c1-22-9-7-18-10-14(22)15-19-16(24-21-15)12-6-8-23(20-12)13-5-3-2-4-11(13)17/h2-6,8,14,18H,7,9-10H2,1H3. The van der Waals surface area contributed by atoms with Crippen LogP contribution in [0, 0.1) is 5.82 Å². The number of hydrogen-bond donors (Lipinski definition) is 1. The predicted molar refractivity (Wildman–Crippen MR) is 85.1 cm³/mol. The van der Waals surface area contributed by atoms with Gasteiger partial charge in [-0.05, 0) is 25.2 Å². The van der Waals surface area contributed by atoms with Crippen molar-refractivity contribution in [2.45, 2.75) is 6.04 Å². The molecule has 1 unspecified atom stereocenters. The summed E-state index contributed by atoms with van der Waals surface area (Å²) in [5, 5.41) is 11.7. The number of hydrogen-bond acceptors (Lipinski definition) is 6. The van der Waals surface area contributed by atoms with E-state index >= 15 is 0 Å². The topological polar surface area (TPSA) is 72.0 Å². The molecule has 124 valence electrons. The smallest absolute Gasteiger partial charge is 0.278 e. The summed E-state index contributed by atoms with van der Waals surface area (Å²) < 4.78 is 20.7. The number of para-hydroxylation sites is 1. The molecule has 0 spiro atoms. The third-order valence-electron chi connectivity index (χ3n) is 4.16. The van der Waals surface area contributed by atoms with Crippen LogP contribution in [0.4, 0.5) is 4.39 Å². The molecule has 4 rings (SSSR count). The first-order valence-corrected chi connectivity index (χ1v) is 7.78. The molecule has 1 fully saturated rings. The van der Waals surface area contributed by atoms with Crippen LogP contribution in [0.1, 0.15) is 11.9 Å². The van der Waals surface area contributed by atoms with Crippen LogP contribution >= 0.6 is 0 Å². The second-order valence-electron chi connectivity index (χ2n) is 5.76. The fraction of sp³-hybridized carbons (Fsp3) is 0.312. The van der Waals surface area contributed by atoms with E-state index in [0.29, 0.717) is 23.1 Å². The second-order valence-corrected chi connectivity index (χ2v) is 5.76. The summed E-state index contributed by atoms with van der Waals surface area (Å²) in [7, 11) is 2.04. The molecule has 0 amide bonds. The van der Waals surface area contributed by atoms with Crippen LogP contribution < -0.4 is 5.32 Å². The minimum atomic E-state index is -0.340. The molecule has 1 aromatic carbocycles. The maximum Gasteiger partial charge on any atom is 0.278 e. The number of benzene rings is 1. The number of aromatic nitrogens is 4. The van der Waals surface area contributed by atoms with Crippen molar-refractivity contribution in [3.63, 3.8) is 0 Å². The van der Waals surface area contributed by atoms with Gasteiger partial charge in [-0.2, -0.15) is 10.1 Å². The molecule has 1 saturated heterocycles.